The summed E-state index contributed by atoms with van der Waals surface area (Å²) in [4.78, 5) is 4.01. The van der Waals surface area contributed by atoms with Crippen molar-refractivity contribution in [3.8, 4) is 0 Å². The first-order valence-electron chi connectivity index (χ1n) is 5.42. The van der Waals surface area contributed by atoms with E-state index in [0.29, 0.717) is 6.04 Å². The summed E-state index contributed by atoms with van der Waals surface area (Å²) >= 11 is 0. The average molecular weight is 216 g/mol. The highest BCUT2D eigenvalue weighted by Crippen LogP contribution is 2.16. The lowest BCUT2D eigenvalue weighted by Gasteiger charge is -2.19. The van der Waals surface area contributed by atoms with Gasteiger partial charge in [-0.05, 0) is 37.6 Å². The van der Waals surface area contributed by atoms with Crippen LogP contribution < -0.4 is 5.32 Å². The predicted molar refractivity (Wildman–Crippen MR) is 62.8 cm³/mol. The fourth-order valence-corrected chi connectivity index (χ4v) is 1.72. The molecule has 84 valence electrons. The molecule has 0 spiro atoms. The number of nitrogens with one attached hydrogen (secondary N) is 2. The zero-order valence-corrected chi connectivity index (χ0v) is 9.51. The molecule has 2 aromatic heterocycles. The van der Waals surface area contributed by atoms with E-state index in [1.165, 1.54) is 5.56 Å². The fourth-order valence-electron chi connectivity index (χ4n) is 1.72. The van der Waals surface area contributed by atoms with Crippen LogP contribution in [0.3, 0.4) is 0 Å². The van der Waals surface area contributed by atoms with E-state index in [0.717, 1.165) is 5.69 Å². The lowest BCUT2D eigenvalue weighted by molar-refractivity contribution is 0.485. The normalized spacial score (nSPS) is 14.6. The zero-order chi connectivity index (χ0) is 11.4. The second-order valence-corrected chi connectivity index (χ2v) is 3.90. The van der Waals surface area contributed by atoms with E-state index in [2.05, 4.69) is 34.3 Å². The van der Waals surface area contributed by atoms with Gasteiger partial charge in [-0.1, -0.05) is 0 Å². The minimum absolute atomic E-state index is 0.255. The van der Waals surface area contributed by atoms with E-state index in [-0.39, 0.29) is 6.04 Å². The Bertz CT molecular complexity index is 410. The minimum atomic E-state index is 0.255. The summed E-state index contributed by atoms with van der Waals surface area (Å²) in [5, 5.41) is 10.4. The second kappa shape index (κ2) is 4.90. The van der Waals surface area contributed by atoms with Gasteiger partial charge in [-0.2, -0.15) is 5.10 Å². The van der Waals surface area contributed by atoms with Gasteiger partial charge in [0, 0.05) is 30.7 Å². The molecule has 2 rings (SSSR count). The topological polar surface area (TPSA) is 53.6 Å². The molecule has 0 amide bonds. The van der Waals surface area contributed by atoms with Crippen molar-refractivity contribution in [2.45, 2.75) is 25.9 Å². The third-order valence-electron chi connectivity index (χ3n) is 2.69. The molecule has 0 saturated carbocycles. The molecular weight excluding hydrogens is 200 g/mol. The van der Waals surface area contributed by atoms with Gasteiger partial charge in [0.1, 0.15) is 0 Å². The number of pyridine rings is 1. The Hall–Kier alpha value is -1.68. The lowest BCUT2D eigenvalue weighted by atomic mass is 10.1. The number of rotatable bonds is 4. The Balaban J connectivity index is 2.00. The Morgan fingerprint density at radius 3 is 2.44 bits per heavy atom. The van der Waals surface area contributed by atoms with Crippen molar-refractivity contribution in [1.82, 2.24) is 20.5 Å². The van der Waals surface area contributed by atoms with Crippen LogP contribution >= 0.6 is 0 Å². The molecule has 0 aromatic carbocycles. The monoisotopic (exact) mass is 216 g/mol. The second-order valence-electron chi connectivity index (χ2n) is 3.90. The molecule has 0 radical (unpaired) electrons. The molecular formula is C12H16N4. The Morgan fingerprint density at radius 1 is 1.06 bits per heavy atom. The third kappa shape index (κ3) is 2.46. The molecule has 1 unspecified atom stereocenters. The van der Waals surface area contributed by atoms with Gasteiger partial charge < -0.3 is 5.32 Å². The average Bonchev–Trinajstić information content (AvgIpc) is 2.83. The molecule has 2 aromatic rings. The largest absolute Gasteiger partial charge is 0.302 e. The van der Waals surface area contributed by atoms with E-state index in [1.54, 1.807) is 6.20 Å². The fraction of sp³-hybridized carbons (Fsp3) is 0.333. The van der Waals surface area contributed by atoms with E-state index < -0.39 is 0 Å². The van der Waals surface area contributed by atoms with E-state index in [1.807, 2.05) is 30.6 Å². The highest BCUT2D eigenvalue weighted by Gasteiger charge is 2.11. The first-order chi connectivity index (χ1) is 7.77. The summed E-state index contributed by atoms with van der Waals surface area (Å²) < 4.78 is 0. The number of hydrogen-bond acceptors (Lipinski definition) is 3. The molecule has 2 atom stereocenters. The van der Waals surface area contributed by atoms with Crippen LogP contribution in [0.25, 0.3) is 0 Å². The van der Waals surface area contributed by atoms with Gasteiger partial charge in [-0.3, -0.25) is 10.1 Å². The summed E-state index contributed by atoms with van der Waals surface area (Å²) in [5.41, 5.74) is 2.34. The maximum Gasteiger partial charge on any atom is 0.0518 e. The summed E-state index contributed by atoms with van der Waals surface area (Å²) in [5.74, 6) is 0. The number of aromatic nitrogens is 3. The van der Waals surface area contributed by atoms with Gasteiger partial charge in [0.25, 0.3) is 0 Å². The van der Waals surface area contributed by atoms with Crippen LogP contribution in [0.15, 0.2) is 36.8 Å². The number of H-pyrrole nitrogens is 1. The van der Waals surface area contributed by atoms with Gasteiger partial charge >= 0.3 is 0 Å². The SMILES string of the molecule is CC(N[C@@H](C)c1ccncc1)c1ccn[nH]1. The summed E-state index contributed by atoms with van der Waals surface area (Å²) in [7, 11) is 0. The van der Waals surface area contributed by atoms with Crippen LogP contribution in [0.1, 0.15) is 37.2 Å². The van der Waals surface area contributed by atoms with Crippen molar-refractivity contribution in [2.24, 2.45) is 0 Å². The summed E-state index contributed by atoms with van der Waals surface area (Å²) in [6.07, 6.45) is 5.40. The number of aromatic amines is 1. The first kappa shape index (κ1) is 10.8. The van der Waals surface area contributed by atoms with Crippen molar-refractivity contribution < 1.29 is 0 Å². The van der Waals surface area contributed by atoms with Gasteiger partial charge in [-0.25, -0.2) is 0 Å². The molecule has 4 nitrogen and oxygen atoms in total. The minimum Gasteiger partial charge on any atom is -0.302 e. The van der Waals surface area contributed by atoms with E-state index in [9.17, 15) is 0 Å². The van der Waals surface area contributed by atoms with Crippen molar-refractivity contribution >= 4 is 0 Å². The molecule has 16 heavy (non-hydrogen) atoms. The van der Waals surface area contributed by atoms with Crippen LogP contribution in [-0.4, -0.2) is 15.2 Å². The molecule has 2 heterocycles. The van der Waals surface area contributed by atoms with Gasteiger partial charge in [-0.15, -0.1) is 0 Å². The standard InChI is InChI=1S/C12H16N4/c1-9(11-3-6-13-7-4-11)15-10(2)12-5-8-14-16-12/h3-10,15H,1-2H3,(H,14,16)/t9-,10?/m0/s1. The molecule has 0 fully saturated rings. The van der Waals surface area contributed by atoms with Crippen molar-refractivity contribution in [1.29, 1.82) is 0 Å². The van der Waals surface area contributed by atoms with Gasteiger partial charge in [0.2, 0.25) is 0 Å². The van der Waals surface area contributed by atoms with Crippen molar-refractivity contribution in [3.63, 3.8) is 0 Å². The van der Waals surface area contributed by atoms with Crippen LogP contribution in [0, 0.1) is 0 Å². The molecule has 0 aliphatic carbocycles. The zero-order valence-electron chi connectivity index (χ0n) is 9.51. The van der Waals surface area contributed by atoms with Crippen LogP contribution in [-0.2, 0) is 0 Å². The predicted octanol–water partition coefficient (Wildman–Crippen LogP) is 2.22. The Morgan fingerprint density at radius 2 is 1.81 bits per heavy atom. The quantitative estimate of drug-likeness (QED) is 0.824. The van der Waals surface area contributed by atoms with Crippen LogP contribution in [0.4, 0.5) is 0 Å². The summed E-state index contributed by atoms with van der Waals surface area (Å²) in [6.45, 7) is 4.26. The highest BCUT2D eigenvalue weighted by molar-refractivity contribution is 5.15. The molecule has 4 heteroatoms. The van der Waals surface area contributed by atoms with E-state index >= 15 is 0 Å². The van der Waals surface area contributed by atoms with Crippen LogP contribution in [0.2, 0.25) is 0 Å². The highest BCUT2D eigenvalue weighted by atomic mass is 15.1. The molecule has 2 N–H and O–H groups in total. The lowest BCUT2D eigenvalue weighted by Crippen LogP contribution is -2.22. The van der Waals surface area contributed by atoms with E-state index in [4.69, 9.17) is 0 Å². The third-order valence-corrected chi connectivity index (χ3v) is 2.69. The maximum atomic E-state index is 4.01. The molecule has 0 aliphatic rings. The van der Waals surface area contributed by atoms with Crippen LogP contribution in [0.5, 0.6) is 0 Å². The smallest absolute Gasteiger partial charge is 0.0518 e. The van der Waals surface area contributed by atoms with Gasteiger partial charge in [0.05, 0.1) is 5.69 Å². The maximum absolute atomic E-state index is 4.01. The molecule has 0 saturated heterocycles. The summed E-state index contributed by atoms with van der Waals surface area (Å²) in [6, 6.07) is 6.58. The molecule has 0 aliphatic heterocycles. The number of hydrogen-bond donors (Lipinski definition) is 2. The van der Waals surface area contributed by atoms with Crippen molar-refractivity contribution in [2.75, 3.05) is 0 Å². The Kier molecular flexibility index (Phi) is 3.31. The first-order valence-corrected chi connectivity index (χ1v) is 5.42. The van der Waals surface area contributed by atoms with Gasteiger partial charge in [0.15, 0.2) is 0 Å². The molecule has 0 bridgehead atoms. The van der Waals surface area contributed by atoms with Crippen molar-refractivity contribution in [3.05, 3.63) is 48.0 Å². The Labute approximate surface area is 95.1 Å². The number of nitrogens with zero attached hydrogens (tertiary/aromatic N) is 2.